The van der Waals surface area contributed by atoms with Crippen molar-refractivity contribution in [2.24, 2.45) is 0 Å². The van der Waals surface area contributed by atoms with Crippen molar-refractivity contribution < 1.29 is 28.7 Å². The van der Waals surface area contributed by atoms with Crippen LogP contribution in [0.1, 0.15) is 46.1 Å². The topological polar surface area (TPSA) is 106 Å². The third kappa shape index (κ3) is 6.45. The predicted octanol–water partition coefficient (Wildman–Crippen LogP) is 2.41. The van der Waals surface area contributed by atoms with Gasteiger partial charge in [0.25, 0.3) is 0 Å². The Balaban J connectivity index is 2.09. The zero-order chi connectivity index (χ0) is 22.4. The number of carbonyl (C=O) groups is 2. The first-order chi connectivity index (χ1) is 14.1. The molecule has 1 aliphatic heterocycles. The van der Waals surface area contributed by atoms with E-state index in [1.54, 1.807) is 0 Å². The first-order valence-corrected chi connectivity index (χ1v) is 10.2. The minimum absolute atomic E-state index is 0.0712. The first kappa shape index (κ1) is 24.2. The van der Waals surface area contributed by atoms with Gasteiger partial charge < -0.3 is 29.8 Å². The third-order valence-electron chi connectivity index (χ3n) is 5.70. The van der Waals surface area contributed by atoms with Gasteiger partial charge in [-0.1, -0.05) is 30.3 Å². The summed E-state index contributed by atoms with van der Waals surface area (Å²) >= 11 is 0. The van der Waals surface area contributed by atoms with E-state index >= 15 is 0 Å². The molecular formula is C21H33BN2O6. The number of aryl methyl sites for hydroxylation is 1. The van der Waals surface area contributed by atoms with Crippen LogP contribution >= 0.6 is 0 Å². The largest absolute Gasteiger partial charge is 0.481 e. The number of rotatable bonds is 10. The van der Waals surface area contributed by atoms with Gasteiger partial charge in [-0.15, -0.1) is 0 Å². The van der Waals surface area contributed by atoms with Gasteiger partial charge in [0, 0.05) is 7.11 Å². The third-order valence-corrected chi connectivity index (χ3v) is 5.70. The molecule has 0 aromatic heterocycles. The lowest BCUT2D eigenvalue weighted by Crippen LogP contribution is -2.55. The summed E-state index contributed by atoms with van der Waals surface area (Å²) in [5.41, 5.74) is 0.137. The molecule has 1 heterocycles. The van der Waals surface area contributed by atoms with Crippen LogP contribution in [0.2, 0.25) is 0 Å². The number of amides is 2. The number of hydrogen-bond donors (Lipinski definition) is 3. The van der Waals surface area contributed by atoms with Gasteiger partial charge >= 0.3 is 13.2 Å². The van der Waals surface area contributed by atoms with Crippen LogP contribution in [0.3, 0.4) is 0 Å². The Hall–Kier alpha value is -2.10. The fourth-order valence-electron chi connectivity index (χ4n) is 3.28. The minimum atomic E-state index is -1.29. The smallest absolute Gasteiger partial charge is 0.465 e. The van der Waals surface area contributed by atoms with Gasteiger partial charge in [0.15, 0.2) is 0 Å². The number of carbonyl (C=O) groups excluding carboxylic acids is 1. The monoisotopic (exact) mass is 420 g/mol. The standard InChI is InChI=1S/C21H33BN2O6/c1-20(2)21(3,4)30-22(29-20)17(13-9-12-15-10-7-6-8-11-15)24-18(25)16(14-28-5)23-19(26)27/h6-8,10-11,16-17,23H,9,12-14H2,1-5H3,(H,24,25)(H,26,27). The molecule has 2 amide bonds. The molecule has 1 saturated heterocycles. The Morgan fingerprint density at radius 3 is 2.23 bits per heavy atom. The molecule has 3 N–H and O–H groups in total. The first-order valence-electron chi connectivity index (χ1n) is 10.2. The number of nitrogens with one attached hydrogen (secondary N) is 2. The molecule has 2 rings (SSSR count). The van der Waals surface area contributed by atoms with E-state index in [2.05, 4.69) is 22.8 Å². The molecule has 0 spiro atoms. The second-order valence-electron chi connectivity index (χ2n) is 8.58. The predicted molar refractivity (Wildman–Crippen MR) is 114 cm³/mol. The van der Waals surface area contributed by atoms with Crippen LogP contribution in [0.5, 0.6) is 0 Å². The van der Waals surface area contributed by atoms with Gasteiger partial charge in [0.1, 0.15) is 6.04 Å². The lowest BCUT2D eigenvalue weighted by Gasteiger charge is -2.32. The maximum Gasteiger partial charge on any atom is 0.481 e. The van der Waals surface area contributed by atoms with Crippen molar-refractivity contribution >= 4 is 19.1 Å². The zero-order valence-corrected chi connectivity index (χ0v) is 18.4. The van der Waals surface area contributed by atoms with Crippen molar-refractivity contribution in [1.29, 1.82) is 0 Å². The summed E-state index contributed by atoms with van der Waals surface area (Å²) in [4.78, 5) is 23.8. The number of carboxylic acid groups (broad SMARTS) is 1. The van der Waals surface area contributed by atoms with Gasteiger partial charge in [0.05, 0.1) is 23.8 Å². The molecule has 0 bridgehead atoms. The van der Waals surface area contributed by atoms with Crippen LogP contribution in [0, 0.1) is 0 Å². The average molecular weight is 420 g/mol. The second kappa shape index (κ2) is 10.3. The molecule has 2 atom stereocenters. The summed E-state index contributed by atoms with van der Waals surface area (Å²) in [7, 11) is 0.776. The van der Waals surface area contributed by atoms with E-state index in [0.29, 0.717) is 6.42 Å². The van der Waals surface area contributed by atoms with Crippen molar-refractivity contribution in [3.8, 4) is 0 Å². The average Bonchev–Trinajstić information content (AvgIpc) is 2.88. The van der Waals surface area contributed by atoms with Crippen LogP contribution in [-0.4, -0.2) is 61.1 Å². The Bertz CT molecular complexity index is 697. The summed E-state index contributed by atoms with van der Waals surface area (Å²) in [6, 6.07) is 9.07. The molecule has 0 radical (unpaired) electrons. The van der Waals surface area contributed by atoms with E-state index in [9.17, 15) is 9.59 Å². The van der Waals surface area contributed by atoms with E-state index in [1.807, 2.05) is 45.9 Å². The van der Waals surface area contributed by atoms with E-state index in [4.69, 9.17) is 19.2 Å². The molecule has 2 unspecified atom stereocenters. The molecule has 1 fully saturated rings. The zero-order valence-electron chi connectivity index (χ0n) is 18.4. The van der Waals surface area contributed by atoms with Crippen molar-refractivity contribution in [2.75, 3.05) is 13.7 Å². The second-order valence-corrected chi connectivity index (χ2v) is 8.58. The van der Waals surface area contributed by atoms with Crippen LogP contribution in [0.15, 0.2) is 30.3 Å². The molecular weight excluding hydrogens is 387 g/mol. The van der Waals surface area contributed by atoms with Crippen molar-refractivity contribution in [2.45, 2.75) is 70.1 Å². The van der Waals surface area contributed by atoms with E-state index in [0.717, 1.165) is 12.8 Å². The molecule has 0 saturated carbocycles. The number of ether oxygens (including phenoxy) is 1. The lowest BCUT2D eigenvalue weighted by atomic mass is 9.75. The highest BCUT2D eigenvalue weighted by Gasteiger charge is 2.54. The van der Waals surface area contributed by atoms with Crippen molar-refractivity contribution in [1.82, 2.24) is 10.6 Å². The van der Waals surface area contributed by atoms with Gasteiger partial charge in [-0.05, 0) is 52.5 Å². The van der Waals surface area contributed by atoms with Crippen molar-refractivity contribution in [3.63, 3.8) is 0 Å². The van der Waals surface area contributed by atoms with Crippen LogP contribution < -0.4 is 10.6 Å². The normalized spacial score (nSPS) is 19.2. The summed E-state index contributed by atoms with van der Waals surface area (Å²) in [5.74, 6) is -0.907. The van der Waals surface area contributed by atoms with Gasteiger partial charge in [-0.25, -0.2) is 4.79 Å². The fraction of sp³-hybridized carbons (Fsp3) is 0.619. The molecule has 1 aliphatic rings. The molecule has 8 nitrogen and oxygen atoms in total. The van der Waals surface area contributed by atoms with Gasteiger partial charge in [0.2, 0.25) is 5.91 Å². The molecule has 1 aromatic carbocycles. The van der Waals surface area contributed by atoms with Crippen LogP contribution in [-0.2, 0) is 25.3 Å². The Labute approximate surface area is 178 Å². The Kier molecular flexibility index (Phi) is 8.29. The highest BCUT2D eigenvalue weighted by Crippen LogP contribution is 2.38. The summed E-state index contributed by atoms with van der Waals surface area (Å²) in [6.45, 7) is 7.74. The fourth-order valence-corrected chi connectivity index (χ4v) is 3.28. The lowest BCUT2D eigenvalue weighted by molar-refractivity contribution is -0.124. The number of methoxy groups -OCH3 is 1. The summed E-state index contributed by atoms with van der Waals surface area (Å²) < 4.78 is 17.3. The summed E-state index contributed by atoms with van der Waals surface area (Å²) in [5, 5.41) is 14.1. The van der Waals surface area contributed by atoms with Gasteiger partial charge in [-0.2, -0.15) is 0 Å². The van der Waals surface area contributed by atoms with Crippen LogP contribution in [0.25, 0.3) is 0 Å². The molecule has 1 aromatic rings. The van der Waals surface area contributed by atoms with Crippen molar-refractivity contribution in [3.05, 3.63) is 35.9 Å². The highest BCUT2D eigenvalue weighted by molar-refractivity contribution is 6.48. The summed E-state index contributed by atoms with van der Waals surface area (Å²) in [6.07, 6.45) is 0.982. The minimum Gasteiger partial charge on any atom is -0.465 e. The van der Waals surface area contributed by atoms with E-state index in [-0.39, 0.29) is 6.61 Å². The molecule has 30 heavy (non-hydrogen) atoms. The number of benzene rings is 1. The van der Waals surface area contributed by atoms with Crippen LogP contribution in [0.4, 0.5) is 4.79 Å². The maximum absolute atomic E-state index is 12.8. The molecule has 0 aliphatic carbocycles. The van der Waals surface area contributed by atoms with E-state index in [1.165, 1.54) is 12.7 Å². The van der Waals surface area contributed by atoms with Gasteiger partial charge in [-0.3, -0.25) is 4.79 Å². The molecule has 166 valence electrons. The quantitative estimate of drug-likeness (QED) is 0.502. The maximum atomic E-state index is 12.8. The SMILES string of the molecule is COCC(NC(=O)O)C(=O)NC(CCCc1ccccc1)B1OC(C)(C)C(C)(C)O1. The Morgan fingerprint density at radius 2 is 1.70 bits per heavy atom. The number of hydrogen-bond acceptors (Lipinski definition) is 5. The Morgan fingerprint density at radius 1 is 1.10 bits per heavy atom. The highest BCUT2D eigenvalue weighted by atomic mass is 16.7. The molecule has 9 heteroatoms. The van der Waals surface area contributed by atoms with E-state index < -0.39 is 42.3 Å².